The minimum Gasteiger partial charge on any atom is -0.381 e. The van der Waals surface area contributed by atoms with Gasteiger partial charge in [0.2, 0.25) is 0 Å². The van der Waals surface area contributed by atoms with Gasteiger partial charge in [-0.15, -0.1) is 0 Å². The first-order valence-electron chi connectivity index (χ1n) is 6.21. The smallest absolute Gasteiger partial charge is 0.0601 e. The van der Waals surface area contributed by atoms with E-state index in [1.54, 1.807) is 0 Å². The summed E-state index contributed by atoms with van der Waals surface area (Å²) in [6, 6.07) is 1.57. The van der Waals surface area contributed by atoms with Crippen molar-refractivity contribution in [2.45, 2.75) is 44.4 Å². The van der Waals surface area contributed by atoms with E-state index in [9.17, 15) is 0 Å². The van der Waals surface area contributed by atoms with Crippen molar-refractivity contribution >= 4 is 0 Å². The summed E-state index contributed by atoms with van der Waals surface area (Å²) in [4.78, 5) is 5.17. The van der Waals surface area contributed by atoms with E-state index < -0.39 is 0 Å². The third kappa shape index (κ3) is 2.35. The van der Waals surface area contributed by atoms with Crippen LogP contribution in [0, 0.1) is 0 Å². The van der Waals surface area contributed by atoms with Crippen LogP contribution in [0.15, 0.2) is 0 Å². The van der Waals surface area contributed by atoms with Crippen LogP contribution in [0.1, 0.15) is 26.2 Å². The lowest BCUT2D eigenvalue weighted by atomic mass is 9.87. The van der Waals surface area contributed by atoms with Gasteiger partial charge in [0.05, 0.1) is 6.10 Å². The predicted octanol–water partition coefficient (Wildman–Crippen LogP) is 1.19. The number of ether oxygens (including phenoxy) is 1. The van der Waals surface area contributed by atoms with Gasteiger partial charge in [0.15, 0.2) is 0 Å². The number of hydrogen-bond acceptors (Lipinski definition) is 3. The highest BCUT2D eigenvalue weighted by atomic mass is 16.5. The van der Waals surface area contributed by atoms with Crippen molar-refractivity contribution in [1.82, 2.24) is 9.80 Å². The zero-order chi connectivity index (χ0) is 10.8. The summed E-state index contributed by atoms with van der Waals surface area (Å²) in [5.74, 6) is 0. The molecule has 2 aliphatic rings. The first kappa shape index (κ1) is 11.4. The number of likely N-dealkylation sites (N-methyl/N-ethyl adjacent to an activating group) is 1. The topological polar surface area (TPSA) is 15.7 Å². The van der Waals surface area contributed by atoms with E-state index in [1.807, 2.05) is 7.11 Å². The van der Waals surface area contributed by atoms with E-state index in [0.717, 1.165) is 12.1 Å². The van der Waals surface area contributed by atoms with Gasteiger partial charge in [-0.25, -0.2) is 0 Å². The Hall–Kier alpha value is -0.120. The quantitative estimate of drug-likeness (QED) is 0.699. The summed E-state index contributed by atoms with van der Waals surface area (Å²) in [5, 5.41) is 0. The molecular weight excluding hydrogens is 188 g/mol. The molecule has 88 valence electrons. The molecule has 0 amide bonds. The number of rotatable bonds is 3. The molecule has 1 saturated heterocycles. The van der Waals surface area contributed by atoms with Gasteiger partial charge in [0.1, 0.15) is 0 Å². The zero-order valence-electron chi connectivity index (χ0n) is 10.3. The second kappa shape index (κ2) is 4.81. The van der Waals surface area contributed by atoms with E-state index in [0.29, 0.717) is 6.10 Å². The minimum absolute atomic E-state index is 0.537. The van der Waals surface area contributed by atoms with E-state index in [4.69, 9.17) is 4.74 Å². The number of methoxy groups -OCH3 is 1. The fourth-order valence-corrected chi connectivity index (χ4v) is 2.77. The van der Waals surface area contributed by atoms with Gasteiger partial charge in [-0.2, -0.15) is 0 Å². The van der Waals surface area contributed by atoms with Crippen molar-refractivity contribution < 1.29 is 4.74 Å². The molecule has 0 aromatic rings. The summed E-state index contributed by atoms with van der Waals surface area (Å²) in [5.41, 5.74) is 0. The number of hydrogen-bond donors (Lipinski definition) is 0. The largest absolute Gasteiger partial charge is 0.381 e. The summed E-state index contributed by atoms with van der Waals surface area (Å²) in [6.07, 6.45) is 4.30. The first-order chi connectivity index (χ1) is 7.24. The summed E-state index contributed by atoms with van der Waals surface area (Å²) < 4.78 is 5.34. The zero-order valence-corrected chi connectivity index (χ0v) is 10.3. The highest BCUT2D eigenvalue weighted by molar-refractivity contribution is 4.92. The minimum atomic E-state index is 0.537. The van der Waals surface area contributed by atoms with Crippen LogP contribution in [0.5, 0.6) is 0 Å². The second-order valence-corrected chi connectivity index (χ2v) is 5.02. The standard InChI is InChI=1S/C12H24N2O/c1-4-10-9-14(6-5-13(10)2)11-7-12(8-11)15-3/h10-12H,4-9H2,1-3H3/t10-,11?,12?/m1/s1. The molecular formula is C12H24N2O. The van der Waals surface area contributed by atoms with Crippen LogP contribution in [-0.4, -0.2) is 61.8 Å². The number of nitrogens with zero attached hydrogens (tertiary/aromatic N) is 2. The second-order valence-electron chi connectivity index (χ2n) is 5.02. The van der Waals surface area contributed by atoms with Crippen LogP contribution >= 0.6 is 0 Å². The molecule has 3 heteroatoms. The van der Waals surface area contributed by atoms with Gasteiger partial charge in [0.25, 0.3) is 0 Å². The van der Waals surface area contributed by atoms with Gasteiger partial charge >= 0.3 is 0 Å². The average Bonchev–Trinajstić information content (AvgIpc) is 2.19. The van der Waals surface area contributed by atoms with Crippen molar-refractivity contribution in [1.29, 1.82) is 0 Å². The fourth-order valence-electron chi connectivity index (χ4n) is 2.77. The Balaban J connectivity index is 1.80. The third-order valence-corrected chi connectivity index (χ3v) is 4.20. The lowest BCUT2D eigenvalue weighted by molar-refractivity contribution is -0.0482. The SMILES string of the molecule is CC[C@@H]1CN(C2CC(OC)C2)CCN1C. The van der Waals surface area contributed by atoms with Crippen LogP contribution in [0.3, 0.4) is 0 Å². The normalized spacial score (nSPS) is 39.0. The Morgan fingerprint density at radius 3 is 2.60 bits per heavy atom. The van der Waals surface area contributed by atoms with Crippen molar-refractivity contribution in [3.8, 4) is 0 Å². The molecule has 0 spiro atoms. The van der Waals surface area contributed by atoms with Crippen LogP contribution < -0.4 is 0 Å². The maximum absolute atomic E-state index is 5.34. The van der Waals surface area contributed by atoms with E-state index in [2.05, 4.69) is 23.8 Å². The Kier molecular flexibility index (Phi) is 3.65. The Morgan fingerprint density at radius 1 is 1.27 bits per heavy atom. The van der Waals surface area contributed by atoms with Crippen molar-refractivity contribution in [3.05, 3.63) is 0 Å². The van der Waals surface area contributed by atoms with E-state index >= 15 is 0 Å². The first-order valence-corrected chi connectivity index (χ1v) is 6.21. The predicted molar refractivity (Wildman–Crippen MR) is 62.1 cm³/mol. The fraction of sp³-hybridized carbons (Fsp3) is 1.00. The van der Waals surface area contributed by atoms with Gasteiger partial charge in [-0.05, 0) is 26.3 Å². The summed E-state index contributed by atoms with van der Waals surface area (Å²) >= 11 is 0. The third-order valence-electron chi connectivity index (χ3n) is 4.20. The highest BCUT2D eigenvalue weighted by Gasteiger charge is 2.36. The Morgan fingerprint density at radius 2 is 2.00 bits per heavy atom. The van der Waals surface area contributed by atoms with Gasteiger partial charge in [-0.3, -0.25) is 4.90 Å². The van der Waals surface area contributed by atoms with E-state index in [-0.39, 0.29) is 0 Å². The molecule has 1 aliphatic heterocycles. The van der Waals surface area contributed by atoms with Gasteiger partial charge in [-0.1, -0.05) is 6.92 Å². The lowest BCUT2D eigenvalue weighted by Gasteiger charge is -2.48. The Bertz CT molecular complexity index is 204. The van der Waals surface area contributed by atoms with Crippen molar-refractivity contribution in [3.63, 3.8) is 0 Å². The average molecular weight is 212 g/mol. The molecule has 15 heavy (non-hydrogen) atoms. The summed E-state index contributed by atoms with van der Waals surface area (Å²) in [6.45, 7) is 6.03. The molecule has 0 radical (unpaired) electrons. The molecule has 1 heterocycles. The summed E-state index contributed by atoms with van der Waals surface area (Å²) in [7, 11) is 4.09. The molecule has 2 rings (SSSR count). The lowest BCUT2D eigenvalue weighted by Crippen LogP contribution is -2.58. The maximum atomic E-state index is 5.34. The highest BCUT2D eigenvalue weighted by Crippen LogP contribution is 2.29. The molecule has 0 N–H and O–H groups in total. The monoisotopic (exact) mass is 212 g/mol. The molecule has 0 aromatic carbocycles. The molecule has 3 nitrogen and oxygen atoms in total. The van der Waals surface area contributed by atoms with Crippen LogP contribution in [0.2, 0.25) is 0 Å². The molecule has 0 bridgehead atoms. The Labute approximate surface area is 93.4 Å². The van der Waals surface area contributed by atoms with Gasteiger partial charge < -0.3 is 9.64 Å². The van der Waals surface area contributed by atoms with Crippen molar-refractivity contribution in [2.75, 3.05) is 33.8 Å². The van der Waals surface area contributed by atoms with Gasteiger partial charge in [0, 0.05) is 38.8 Å². The number of piperazine rings is 1. The molecule has 1 saturated carbocycles. The molecule has 0 aromatic heterocycles. The van der Waals surface area contributed by atoms with E-state index in [1.165, 1.54) is 38.9 Å². The van der Waals surface area contributed by atoms with Crippen LogP contribution in [0.25, 0.3) is 0 Å². The van der Waals surface area contributed by atoms with Crippen molar-refractivity contribution in [2.24, 2.45) is 0 Å². The molecule has 0 unspecified atom stereocenters. The molecule has 2 fully saturated rings. The molecule has 1 aliphatic carbocycles. The van der Waals surface area contributed by atoms with Crippen LogP contribution in [0.4, 0.5) is 0 Å². The molecule has 1 atom stereocenters. The maximum Gasteiger partial charge on any atom is 0.0601 e. The van der Waals surface area contributed by atoms with Crippen LogP contribution in [-0.2, 0) is 4.74 Å².